The standard InChI is InChI=1S/C18H18FNO3/c1-12(2)23-18(22)13-7-9-15(10-8-13)20-17(21)11-14-5-3-4-6-16(14)19/h3-10,12H,11H2,1-2H3,(H,20,21). The molecule has 0 radical (unpaired) electrons. The molecular weight excluding hydrogens is 297 g/mol. The number of amides is 1. The van der Waals surface area contributed by atoms with Gasteiger partial charge in [0.2, 0.25) is 5.91 Å². The maximum absolute atomic E-state index is 13.5. The molecule has 0 saturated heterocycles. The highest BCUT2D eigenvalue weighted by atomic mass is 19.1. The Balaban J connectivity index is 1.97. The van der Waals surface area contributed by atoms with Crippen molar-refractivity contribution in [3.05, 3.63) is 65.5 Å². The van der Waals surface area contributed by atoms with Crippen LogP contribution < -0.4 is 5.32 Å². The van der Waals surface area contributed by atoms with Gasteiger partial charge in [0.15, 0.2) is 0 Å². The Morgan fingerprint density at radius 2 is 1.74 bits per heavy atom. The number of carbonyl (C=O) groups excluding carboxylic acids is 2. The van der Waals surface area contributed by atoms with Gasteiger partial charge in [0.05, 0.1) is 18.1 Å². The third-order valence-corrected chi connectivity index (χ3v) is 3.06. The smallest absolute Gasteiger partial charge is 0.338 e. The second-order valence-electron chi connectivity index (χ2n) is 5.35. The van der Waals surface area contributed by atoms with Crippen molar-refractivity contribution >= 4 is 17.6 Å². The lowest BCUT2D eigenvalue weighted by molar-refractivity contribution is -0.115. The first kappa shape index (κ1) is 16.7. The van der Waals surface area contributed by atoms with Crippen LogP contribution in [0.2, 0.25) is 0 Å². The van der Waals surface area contributed by atoms with E-state index in [2.05, 4.69) is 5.32 Å². The average molecular weight is 315 g/mol. The van der Waals surface area contributed by atoms with Crippen molar-refractivity contribution in [2.24, 2.45) is 0 Å². The molecule has 1 amide bonds. The monoisotopic (exact) mass is 315 g/mol. The first-order valence-electron chi connectivity index (χ1n) is 7.30. The minimum Gasteiger partial charge on any atom is -0.459 e. The normalized spacial score (nSPS) is 10.4. The first-order chi connectivity index (χ1) is 11.0. The minimum atomic E-state index is -0.413. The van der Waals surface area contributed by atoms with Gasteiger partial charge in [-0.25, -0.2) is 9.18 Å². The lowest BCUT2D eigenvalue weighted by Gasteiger charge is -2.09. The van der Waals surface area contributed by atoms with Crippen LogP contribution in [0.5, 0.6) is 0 Å². The molecule has 2 rings (SSSR count). The Morgan fingerprint density at radius 3 is 2.35 bits per heavy atom. The SMILES string of the molecule is CC(C)OC(=O)c1ccc(NC(=O)Cc2ccccc2F)cc1. The van der Waals surface area contributed by atoms with Crippen LogP contribution in [-0.4, -0.2) is 18.0 Å². The molecule has 0 aliphatic carbocycles. The van der Waals surface area contributed by atoms with Gasteiger partial charge < -0.3 is 10.1 Å². The van der Waals surface area contributed by atoms with Crippen LogP contribution in [0.15, 0.2) is 48.5 Å². The van der Waals surface area contributed by atoms with Gasteiger partial charge in [-0.05, 0) is 49.7 Å². The highest BCUT2D eigenvalue weighted by molar-refractivity contribution is 5.94. The van der Waals surface area contributed by atoms with Gasteiger partial charge in [-0.2, -0.15) is 0 Å². The van der Waals surface area contributed by atoms with Crippen molar-refractivity contribution in [2.75, 3.05) is 5.32 Å². The minimum absolute atomic E-state index is 0.0518. The molecular formula is C18H18FNO3. The summed E-state index contributed by atoms with van der Waals surface area (Å²) in [6.45, 7) is 3.55. The van der Waals surface area contributed by atoms with Crippen LogP contribution in [-0.2, 0) is 16.0 Å². The van der Waals surface area contributed by atoms with Crippen molar-refractivity contribution in [2.45, 2.75) is 26.4 Å². The number of hydrogen-bond acceptors (Lipinski definition) is 3. The van der Waals surface area contributed by atoms with E-state index in [0.717, 1.165) is 0 Å². The van der Waals surface area contributed by atoms with Crippen LogP contribution in [0.3, 0.4) is 0 Å². The summed E-state index contributed by atoms with van der Waals surface area (Å²) in [5, 5.41) is 2.67. The van der Waals surface area contributed by atoms with Crippen LogP contribution in [0.1, 0.15) is 29.8 Å². The number of halogens is 1. The van der Waals surface area contributed by atoms with Crippen molar-refractivity contribution in [1.29, 1.82) is 0 Å². The number of rotatable bonds is 5. The number of hydrogen-bond donors (Lipinski definition) is 1. The number of nitrogens with one attached hydrogen (secondary N) is 1. The maximum atomic E-state index is 13.5. The molecule has 5 heteroatoms. The zero-order chi connectivity index (χ0) is 16.8. The summed E-state index contributed by atoms with van der Waals surface area (Å²) in [6.07, 6.45) is -0.244. The molecule has 2 aromatic carbocycles. The molecule has 0 fully saturated rings. The summed E-state index contributed by atoms with van der Waals surface area (Å²) in [4.78, 5) is 23.6. The molecule has 2 aromatic rings. The van der Waals surface area contributed by atoms with Gasteiger partial charge >= 0.3 is 5.97 Å². The first-order valence-corrected chi connectivity index (χ1v) is 7.30. The summed E-state index contributed by atoms with van der Waals surface area (Å²) >= 11 is 0. The van der Waals surface area contributed by atoms with E-state index < -0.39 is 11.8 Å². The predicted molar refractivity (Wildman–Crippen MR) is 85.7 cm³/mol. The number of esters is 1. The fourth-order valence-electron chi connectivity index (χ4n) is 1.99. The predicted octanol–water partition coefficient (Wildman–Crippen LogP) is 3.57. The molecule has 0 aromatic heterocycles. The largest absolute Gasteiger partial charge is 0.459 e. The summed E-state index contributed by atoms with van der Waals surface area (Å²) in [7, 11) is 0. The van der Waals surface area contributed by atoms with Gasteiger partial charge in [0, 0.05) is 5.69 Å². The van der Waals surface area contributed by atoms with Crippen molar-refractivity contribution in [3.63, 3.8) is 0 Å². The molecule has 0 bridgehead atoms. The van der Waals surface area contributed by atoms with Crippen LogP contribution >= 0.6 is 0 Å². The summed E-state index contributed by atoms with van der Waals surface area (Å²) in [5.74, 6) is -1.15. The number of anilines is 1. The van der Waals surface area contributed by atoms with Gasteiger partial charge in [0.1, 0.15) is 5.82 Å². The molecule has 0 aliphatic rings. The van der Waals surface area contributed by atoms with Crippen molar-refractivity contribution in [3.8, 4) is 0 Å². The molecule has 4 nitrogen and oxygen atoms in total. The molecule has 23 heavy (non-hydrogen) atoms. The Bertz CT molecular complexity index is 696. The number of benzene rings is 2. The van der Waals surface area contributed by atoms with E-state index >= 15 is 0 Å². The summed E-state index contributed by atoms with van der Waals surface area (Å²) < 4.78 is 18.6. The quantitative estimate of drug-likeness (QED) is 0.858. The van der Waals surface area contributed by atoms with Crippen LogP contribution in [0.25, 0.3) is 0 Å². The fraction of sp³-hybridized carbons (Fsp3) is 0.222. The lowest BCUT2D eigenvalue weighted by atomic mass is 10.1. The van der Waals surface area contributed by atoms with Crippen LogP contribution in [0, 0.1) is 5.82 Å². The molecule has 0 saturated carbocycles. The van der Waals surface area contributed by atoms with Crippen LogP contribution in [0.4, 0.5) is 10.1 Å². The summed E-state index contributed by atoms with van der Waals surface area (Å²) in [6, 6.07) is 12.5. The average Bonchev–Trinajstić information content (AvgIpc) is 2.49. The van der Waals surface area contributed by atoms with E-state index in [1.807, 2.05) is 0 Å². The third-order valence-electron chi connectivity index (χ3n) is 3.06. The second-order valence-corrected chi connectivity index (χ2v) is 5.35. The molecule has 0 aliphatic heterocycles. The zero-order valence-corrected chi connectivity index (χ0v) is 13.0. The van der Waals surface area contributed by atoms with Crippen molar-refractivity contribution in [1.82, 2.24) is 0 Å². The van der Waals surface area contributed by atoms with E-state index in [-0.39, 0.29) is 18.4 Å². The zero-order valence-electron chi connectivity index (χ0n) is 13.0. The molecule has 1 N–H and O–H groups in total. The van der Waals surface area contributed by atoms with Gasteiger partial charge in [-0.3, -0.25) is 4.79 Å². The molecule has 0 heterocycles. The Morgan fingerprint density at radius 1 is 1.09 bits per heavy atom. The number of ether oxygens (including phenoxy) is 1. The fourth-order valence-corrected chi connectivity index (χ4v) is 1.99. The Hall–Kier alpha value is -2.69. The van der Waals surface area contributed by atoms with Crippen molar-refractivity contribution < 1.29 is 18.7 Å². The summed E-state index contributed by atoms with van der Waals surface area (Å²) in [5.41, 5.74) is 1.28. The van der Waals surface area contributed by atoms with E-state index in [1.165, 1.54) is 6.07 Å². The van der Waals surface area contributed by atoms with E-state index in [1.54, 1.807) is 56.3 Å². The maximum Gasteiger partial charge on any atom is 0.338 e. The van der Waals surface area contributed by atoms with E-state index in [9.17, 15) is 14.0 Å². The van der Waals surface area contributed by atoms with Gasteiger partial charge in [0.25, 0.3) is 0 Å². The van der Waals surface area contributed by atoms with E-state index in [4.69, 9.17) is 4.74 Å². The van der Waals surface area contributed by atoms with Gasteiger partial charge in [-0.1, -0.05) is 18.2 Å². The molecule has 0 spiro atoms. The second kappa shape index (κ2) is 7.54. The highest BCUT2D eigenvalue weighted by Crippen LogP contribution is 2.13. The molecule has 0 unspecified atom stereocenters. The lowest BCUT2D eigenvalue weighted by Crippen LogP contribution is -2.15. The molecule has 120 valence electrons. The number of carbonyl (C=O) groups is 2. The topological polar surface area (TPSA) is 55.4 Å². The van der Waals surface area contributed by atoms with Gasteiger partial charge in [-0.15, -0.1) is 0 Å². The third kappa shape index (κ3) is 4.92. The Kier molecular flexibility index (Phi) is 5.46. The Labute approximate surface area is 134 Å². The highest BCUT2D eigenvalue weighted by Gasteiger charge is 2.10. The molecule has 0 atom stereocenters. The van der Waals surface area contributed by atoms with E-state index in [0.29, 0.717) is 16.8 Å².